The first-order valence-corrected chi connectivity index (χ1v) is 5.52. The highest BCUT2D eigenvalue weighted by Gasteiger charge is 2.57. The van der Waals surface area contributed by atoms with E-state index in [0.29, 0.717) is 26.6 Å². The maximum absolute atomic E-state index is 12.7. The third kappa shape index (κ3) is 3.33. The zero-order chi connectivity index (χ0) is 14.0. The molecule has 106 valence electrons. The van der Waals surface area contributed by atoms with Crippen LogP contribution in [-0.2, 0) is 9.53 Å². The monoisotopic (exact) mass is 270 g/mol. The Balaban J connectivity index is 2.61. The molecule has 0 aliphatic carbocycles. The van der Waals surface area contributed by atoms with Gasteiger partial charge in [0.15, 0.2) is 0 Å². The van der Waals surface area contributed by atoms with Gasteiger partial charge in [0.2, 0.25) is 5.54 Å². The molecule has 1 aliphatic rings. The molecule has 0 saturated carbocycles. The van der Waals surface area contributed by atoms with E-state index in [-0.39, 0.29) is 6.54 Å². The fraction of sp³-hybridized carbons (Fsp3) is 0.900. The predicted octanol–water partition coefficient (Wildman–Crippen LogP) is 0.312. The van der Waals surface area contributed by atoms with Gasteiger partial charge in [0.05, 0.1) is 12.7 Å². The number of hydrogen-bond donors (Lipinski definition) is 2. The molecule has 2 unspecified atom stereocenters. The third-order valence-corrected chi connectivity index (χ3v) is 3.02. The summed E-state index contributed by atoms with van der Waals surface area (Å²) in [5.74, 6) is -1.95. The SMILES string of the molecule is CN1CCOC(CNC(C)(C(=O)O)C(F)(F)F)C1. The highest BCUT2D eigenvalue weighted by Crippen LogP contribution is 2.30. The number of hydrogen-bond acceptors (Lipinski definition) is 4. The number of nitrogens with zero attached hydrogens (tertiary/aromatic N) is 1. The number of morpholine rings is 1. The molecule has 8 heteroatoms. The van der Waals surface area contributed by atoms with E-state index in [4.69, 9.17) is 9.84 Å². The van der Waals surface area contributed by atoms with Crippen molar-refractivity contribution in [2.45, 2.75) is 24.7 Å². The van der Waals surface area contributed by atoms with Gasteiger partial charge < -0.3 is 14.7 Å². The number of likely N-dealkylation sites (N-methyl/N-ethyl adjacent to an activating group) is 1. The molecule has 0 radical (unpaired) electrons. The van der Waals surface area contributed by atoms with Gasteiger partial charge in [0.1, 0.15) is 0 Å². The van der Waals surface area contributed by atoms with E-state index in [2.05, 4.69) is 0 Å². The van der Waals surface area contributed by atoms with E-state index < -0.39 is 23.8 Å². The van der Waals surface area contributed by atoms with Crippen LogP contribution in [0.25, 0.3) is 0 Å². The first-order chi connectivity index (χ1) is 8.17. The van der Waals surface area contributed by atoms with Crippen LogP contribution >= 0.6 is 0 Å². The lowest BCUT2D eigenvalue weighted by atomic mass is 10.0. The number of rotatable bonds is 4. The van der Waals surface area contributed by atoms with Crippen LogP contribution in [0.3, 0.4) is 0 Å². The number of carboxylic acids is 1. The van der Waals surface area contributed by atoms with Crippen LogP contribution < -0.4 is 5.32 Å². The fourth-order valence-corrected chi connectivity index (χ4v) is 1.61. The second kappa shape index (κ2) is 5.41. The number of ether oxygens (including phenoxy) is 1. The fourth-order valence-electron chi connectivity index (χ4n) is 1.61. The van der Waals surface area contributed by atoms with Gasteiger partial charge in [0.25, 0.3) is 0 Å². The number of halogens is 3. The van der Waals surface area contributed by atoms with Crippen LogP contribution in [0.4, 0.5) is 13.2 Å². The predicted molar refractivity (Wildman–Crippen MR) is 57.3 cm³/mol. The molecule has 5 nitrogen and oxygen atoms in total. The molecule has 18 heavy (non-hydrogen) atoms. The molecule has 1 saturated heterocycles. The molecule has 1 heterocycles. The van der Waals surface area contributed by atoms with E-state index in [1.807, 2.05) is 17.3 Å². The average molecular weight is 270 g/mol. The minimum Gasteiger partial charge on any atom is -0.480 e. The van der Waals surface area contributed by atoms with Gasteiger partial charge in [-0.15, -0.1) is 0 Å². The molecular weight excluding hydrogens is 253 g/mol. The standard InChI is InChI=1S/C10H17F3N2O3/c1-9(8(16)17,10(11,12)13)14-5-7-6-15(2)3-4-18-7/h7,14H,3-6H2,1-2H3,(H,16,17). The van der Waals surface area contributed by atoms with Gasteiger partial charge in [-0.05, 0) is 14.0 Å². The van der Waals surface area contributed by atoms with Crippen molar-refractivity contribution in [3.8, 4) is 0 Å². The van der Waals surface area contributed by atoms with Crippen LogP contribution in [-0.4, -0.2) is 67.1 Å². The summed E-state index contributed by atoms with van der Waals surface area (Å²) in [7, 11) is 1.83. The Morgan fingerprint density at radius 2 is 2.17 bits per heavy atom. The van der Waals surface area contributed by atoms with Gasteiger partial charge >= 0.3 is 12.1 Å². The van der Waals surface area contributed by atoms with Crippen molar-refractivity contribution >= 4 is 5.97 Å². The van der Waals surface area contributed by atoms with Gasteiger partial charge in [-0.25, -0.2) is 4.79 Å². The van der Waals surface area contributed by atoms with E-state index in [1.54, 1.807) is 0 Å². The Bertz CT molecular complexity index is 311. The van der Waals surface area contributed by atoms with Crippen molar-refractivity contribution < 1.29 is 27.8 Å². The molecule has 0 aromatic heterocycles. The first-order valence-electron chi connectivity index (χ1n) is 5.52. The van der Waals surface area contributed by atoms with Crippen LogP contribution in [0.15, 0.2) is 0 Å². The summed E-state index contributed by atoms with van der Waals surface area (Å²) in [6.45, 7) is 2.07. The summed E-state index contributed by atoms with van der Waals surface area (Å²) >= 11 is 0. The summed E-state index contributed by atoms with van der Waals surface area (Å²) in [4.78, 5) is 12.7. The van der Waals surface area contributed by atoms with Crippen LogP contribution in [0, 0.1) is 0 Å². The molecule has 1 fully saturated rings. The Kier molecular flexibility index (Phi) is 4.57. The smallest absolute Gasteiger partial charge is 0.417 e. The summed E-state index contributed by atoms with van der Waals surface area (Å²) in [6.07, 6.45) is -5.30. The molecule has 1 rings (SSSR count). The zero-order valence-electron chi connectivity index (χ0n) is 10.3. The molecule has 2 N–H and O–H groups in total. The largest absolute Gasteiger partial charge is 0.480 e. The molecule has 0 aromatic rings. The Hall–Kier alpha value is -0.860. The topological polar surface area (TPSA) is 61.8 Å². The van der Waals surface area contributed by atoms with E-state index >= 15 is 0 Å². The van der Waals surface area contributed by atoms with E-state index in [1.165, 1.54) is 0 Å². The molecule has 0 amide bonds. The molecule has 2 atom stereocenters. The van der Waals surface area contributed by atoms with E-state index in [9.17, 15) is 18.0 Å². The summed E-state index contributed by atoms with van der Waals surface area (Å²) in [5, 5.41) is 10.8. The minimum absolute atomic E-state index is 0.160. The zero-order valence-corrected chi connectivity index (χ0v) is 10.3. The lowest BCUT2D eigenvalue weighted by Gasteiger charge is -2.34. The maximum Gasteiger partial charge on any atom is 0.417 e. The lowest BCUT2D eigenvalue weighted by Crippen LogP contribution is -2.62. The maximum atomic E-state index is 12.7. The molecule has 0 aromatic carbocycles. The number of aliphatic carboxylic acids is 1. The summed E-state index contributed by atoms with van der Waals surface area (Å²) in [6, 6.07) is 0. The molecule has 0 bridgehead atoms. The molecule has 0 spiro atoms. The third-order valence-electron chi connectivity index (χ3n) is 3.02. The number of nitrogens with one attached hydrogen (secondary N) is 1. The highest BCUT2D eigenvalue weighted by molar-refractivity contribution is 5.79. The minimum atomic E-state index is -4.86. The average Bonchev–Trinajstić information content (AvgIpc) is 2.24. The van der Waals surface area contributed by atoms with Gasteiger partial charge in [0, 0.05) is 19.6 Å². The van der Waals surface area contributed by atoms with Gasteiger partial charge in [-0.1, -0.05) is 0 Å². The number of carbonyl (C=O) groups is 1. The normalized spacial score (nSPS) is 25.7. The van der Waals surface area contributed by atoms with Crippen molar-refractivity contribution in [3.63, 3.8) is 0 Å². The highest BCUT2D eigenvalue weighted by atomic mass is 19.4. The molecular formula is C10H17F3N2O3. The summed E-state index contributed by atoms with van der Waals surface area (Å²) in [5.41, 5.74) is -2.95. The Morgan fingerprint density at radius 1 is 1.56 bits per heavy atom. The van der Waals surface area contributed by atoms with Gasteiger partial charge in [-0.2, -0.15) is 13.2 Å². The van der Waals surface area contributed by atoms with Crippen LogP contribution in [0.5, 0.6) is 0 Å². The summed E-state index contributed by atoms with van der Waals surface area (Å²) < 4.78 is 43.3. The van der Waals surface area contributed by atoms with Crippen LogP contribution in [0.2, 0.25) is 0 Å². The number of alkyl halides is 3. The van der Waals surface area contributed by atoms with Crippen molar-refractivity contribution in [1.29, 1.82) is 0 Å². The van der Waals surface area contributed by atoms with Crippen LogP contribution in [0.1, 0.15) is 6.92 Å². The first kappa shape index (κ1) is 15.2. The second-order valence-electron chi connectivity index (χ2n) is 4.56. The Labute approximate surface area is 103 Å². The lowest BCUT2D eigenvalue weighted by molar-refractivity contribution is -0.207. The van der Waals surface area contributed by atoms with Crippen molar-refractivity contribution in [1.82, 2.24) is 10.2 Å². The van der Waals surface area contributed by atoms with Crippen molar-refractivity contribution in [2.24, 2.45) is 0 Å². The van der Waals surface area contributed by atoms with Crippen molar-refractivity contribution in [3.05, 3.63) is 0 Å². The Morgan fingerprint density at radius 3 is 2.61 bits per heavy atom. The molecule has 1 aliphatic heterocycles. The quantitative estimate of drug-likeness (QED) is 0.770. The van der Waals surface area contributed by atoms with E-state index in [0.717, 1.165) is 0 Å². The number of carboxylic acid groups (broad SMARTS) is 1. The second-order valence-corrected chi connectivity index (χ2v) is 4.56. The van der Waals surface area contributed by atoms with Gasteiger partial charge in [-0.3, -0.25) is 5.32 Å². The van der Waals surface area contributed by atoms with Crippen molar-refractivity contribution in [2.75, 3.05) is 33.3 Å².